The van der Waals surface area contributed by atoms with E-state index < -0.39 is 18.3 Å². The summed E-state index contributed by atoms with van der Waals surface area (Å²) < 4.78 is 10.8. The number of hydrogen-bond acceptors (Lipinski definition) is 0. The minimum atomic E-state index is -4.13. The van der Waals surface area contributed by atoms with Crippen molar-refractivity contribution >= 4 is 7.48 Å². The van der Waals surface area contributed by atoms with Gasteiger partial charge in [0, 0.05) is 0 Å². The van der Waals surface area contributed by atoms with Crippen LogP contribution in [-0.2, 0) is 33.0 Å². The Balaban J connectivity index is 1.64. The van der Waals surface area contributed by atoms with E-state index in [2.05, 4.69) is 121 Å². The van der Waals surface area contributed by atoms with Crippen molar-refractivity contribution in [1.29, 1.82) is 0 Å². The summed E-state index contributed by atoms with van der Waals surface area (Å²) in [6, 6.07) is 38.3. The Morgan fingerprint density at radius 1 is 0.647 bits per heavy atom. The predicted molar refractivity (Wildman–Crippen MR) is 144 cm³/mol. The van der Waals surface area contributed by atoms with Crippen LogP contribution < -0.4 is 3.27 Å². The molecule has 0 fully saturated rings. The molecule has 4 aromatic carbocycles. The molecule has 0 aromatic heterocycles. The zero-order valence-electron chi connectivity index (χ0n) is 19.6. The van der Waals surface area contributed by atoms with Crippen molar-refractivity contribution in [2.45, 2.75) is 21.1 Å². The topological polar surface area (TPSA) is 0 Å². The van der Waals surface area contributed by atoms with Gasteiger partial charge in [-0.15, -0.1) is 0 Å². The number of benzene rings is 4. The van der Waals surface area contributed by atoms with E-state index >= 15 is 0 Å². The molecule has 2 aliphatic rings. The zero-order valence-corrected chi connectivity index (χ0v) is 22.0. The second-order valence-electron chi connectivity index (χ2n) is 10.3. The summed E-state index contributed by atoms with van der Waals surface area (Å²) in [7, 11) is 0. The molecule has 0 saturated heterocycles. The molecular formula is C33H30Zr. The Morgan fingerprint density at radius 3 is 1.91 bits per heavy atom. The SMILES string of the molecule is [CH2]=[Zr]([CH2]c1ccccc1)([CH2]c1ccccc1)([C]1=CC=CC1)[c]1cccc2c1Cc1ccccc1-2. The summed E-state index contributed by atoms with van der Waals surface area (Å²) in [4.78, 5) is 0. The summed E-state index contributed by atoms with van der Waals surface area (Å²) in [6.45, 7) is 0. The molecule has 166 valence electrons. The maximum absolute atomic E-state index is 5.49. The van der Waals surface area contributed by atoms with Gasteiger partial charge < -0.3 is 0 Å². The molecule has 0 amide bonds. The van der Waals surface area contributed by atoms with E-state index in [1.807, 2.05) is 0 Å². The van der Waals surface area contributed by atoms with E-state index in [0.717, 1.165) is 21.1 Å². The average Bonchev–Trinajstić information content (AvgIpc) is 3.54. The minimum absolute atomic E-state index is 1.02. The van der Waals surface area contributed by atoms with Crippen LogP contribution in [0.4, 0.5) is 0 Å². The molecule has 0 atom stereocenters. The fraction of sp³-hybridized carbons (Fsp3) is 0.121. The molecule has 0 saturated carbocycles. The Labute approximate surface area is 203 Å². The van der Waals surface area contributed by atoms with Gasteiger partial charge in [0.05, 0.1) is 0 Å². The van der Waals surface area contributed by atoms with Crippen LogP contribution >= 0.6 is 0 Å². The molecule has 34 heavy (non-hydrogen) atoms. The van der Waals surface area contributed by atoms with E-state index in [4.69, 9.17) is 4.21 Å². The van der Waals surface area contributed by atoms with E-state index in [1.165, 1.54) is 33.4 Å². The van der Waals surface area contributed by atoms with Crippen LogP contribution in [-0.4, -0.2) is 4.21 Å². The van der Waals surface area contributed by atoms with Crippen LogP contribution in [0.1, 0.15) is 28.7 Å². The Kier molecular flexibility index (Phi) is 5.35. The van der Waals surface area contributed by atoms with Gasteiger partial charge in [-0.25, -0.2) is 0 Å². The molecule has 0 aliphatic heterocycles. The van der Waals surface area contributed by atoms with Gasteiger partial charge in [-0.05, 0) is 0 Å². The Morgan fingerprint density at radius 2 is 1.26 bits per heavy atom. The van der Waals surface area contributed by atoms with Gasteiger partial charge in [-0.1, -0.05) is 0 Å². The molecule has 0 spiro atoms. The molecule has 0 heterocycles. The molecule has 0 nitrogen and oxygen atoms in total. The summed E-state index contributed by atoms with van der Waals surface area (Å²) in [5.41, 5.74) is 8.64. The van der Waals surface area contributed by atoms with Crippen molar-refractivity contribution in [2.24, 2.45) is 0 Å². The van der Waals surface area contributed by atoms with E-state index in [1.54, 1.807) is 6.55 Å². The molecule has 0 N–H and O–H groups in total. The zero-order chi connectivity index (χ0) is 23.0. The van der Waals surface area contributed by atoms with E-state index in [0.29, 0.717) is 0 Å². The number of rotatable bonds is 6. The first-order valence-electron chi connectivity index (χ1n) is 12.3. The standard InChI is InChI=1S/C13H9.2C7H7.C5H5.CH2.Zr/c1-3-7-12-10(5-1)9-11-6-2-4-8-13(11)12;2*1-7-5-3-2-4-6-7;1-2-4-5-3-1;;/h1-5,7-8H,9H2;2*2-6H,1H2;1-3H,4H2;1H2;. The maximum atomic E-state index is 5.49. The normalized spacial score (nSPS) is 14.6. The third kappa shape index (κ3) is 3.50. The van der Waals surface area contributed by atoms with Crippen LogP contribution in [0.2, 0.25) is 0 Å². The molecule has 1 heteroatoms. The molecule has 0 bridgehead atoms. The molecular weight excluding hydrogens is 488 g/mol. The Hall–Kier alpha value is -2.89. The predicted octanol–water partition coefficient (Wildman–Crippen LogP) is 7.25. The Bertz CT molecular complexity index is 1440. The average molecular weight is 518 g/mol. The first kappa shape index (κ1) is 21.6. The number of allylic oxidation sites excluding steroid dienone is 4. The van der Waals surface area contributed by atoms with Gasteiger partial charge in [-0.3, -0.25) is 0 Å². The van der Waals surface area contributed by atoms with Gasteiger partial charge in [-0.2, -0.15) is 0 Å². The van der Waals surface area contributed by atoms with Gasteiger partial charge >= 0.3 is 205 Å². The first-order valence-corrected chi connectivity index (χ1v) is 20.0. The van der Waals surface area contributed by atoms with Gasteiger partial charge in [0.15, 0.2) is 0 Å². The summed E-state index contributed by atoms with van der Waals surface area (Å²) in [5, 5.41) is 0. The second-order valence-corrected chi connectivity index (χ2v) is 24.4. The molecule has 6 rings (SSSR count). The van der Waals surface area contributed by atoms with Crippen LogP contribution in [0, 0.1) is 0 Å². The molecule has 0 radical (unpaired) electrons. The van der Waals surface area contributed by atoms with Crippen LogP contribution in [0.15, 0.2) is 125 Å². The van der Waals surface area contributed by atoms with Crippen molar-refractivity contribution in [2.75, 3.05) is 0 Å². The third-order valence-corrected chi connectivity index (χ3v) is 24.0. The monoisotopic (exact) mass is 516 g/mol. The van der Waals surface area contributed by atoms with Crippen LogP contribution in [0.25, 0.3) is 11.1 Å². The van der Waals surface area contributed by atoms with Crippen molar-refractivity contribution in [3.63, 3.8) is 0 Å². The van der Waals surface area contributed by atoms with Crippen molar-refractivity contribution in [1.82, 2.24) is 0 Å². The van der Waals surface area contributed by atoms with Crippen molar-refractivity contribution in [3.05, 3.63) is 147 Å². The quantitative estimate of drug-likeness (QED) is 0.223. The fourth-order valence-corrected chi connectivity index (χ4v) is 22.5. The number of hydrogen-bond donors (Lipinski definition) is 0. The van der Waals surface area contributed by atoms with Crippen LogP contribution in [0.5, 0.6) is 0 Å². The fourth-order valence-electron chi connectivity index (χ4n) is 6.53. The van der Waals surface area contributed by atoms with Crippen molar-refractivity contribution in [3.8, 4) is 11.1 Å². The summed E-state index contributed by atoms with van der Waals surface area (Å²) in [5.74, 6) is 0. The van der Waals surface area contributed by atoms with E-state index in [9.17, 15) is 0 Å². The van der Waals surface area contributed by atoms with Gasteiger partial charge in [0.1, 0.15) is 0 Å². The second kappa shape index (κ2) is 8.40. The van der Waals surface area contributed by atoms with Crippen LogP contribution in [0.3, 0.4) is 0 Å². The summed E-state index contributed by atoms with van der Waals surface area (Å²) >= 11 is -4.13. The first-order chi connectivity index (χ1) is 16.6. The van der Waals surface area contributed by atoms with Crippen molar-refractivity contribution < 1.29 is 18.3 Å². The molecule has 4 aromatic rings. The number of fused-ring (bicyclic) bond motifs is 3. The third-order valence-electron chi connectivity index (χ3n) is 8.12. The van der Waals surface area contributed by atoms with Gasteiger partial charge in [0.25, 0.3) is 0 Å². The molecule has 0 unspecified atom stereocenters. The van der Waals surface area contributed by atoms with Gasteiger partial charge in [0.2, 0.25) is 0 Å². The molecule has 2 aliphatic carbocycles. The summed E-state index contributed by atoms with van der Waals surface area (Å²) in [6.07, 6.45) is 9.07. The van der Waals surface area contributed by atoms with E-state index in [-0.39, 0.29) is 0 Å².